The monoisotopic (exact) mass is 372 g/mol. The van der Waals surface area contributed by atoms with Crippen LogP contribution in [-0.4, -0.2) is 19.6 Å². The molecule has 0 saturated carbocycles. The summed E-state index contributed by atoms with van der Waals surface area (Å²) in [5, 5.41) is 14.2. The topological polar surface area (TPSA) is 71.3 Å². The fraction of sp³-hybridized carbons (Fsp3) is 0.130. The summed E-state index contributed by atoms with van der Waals surface area (Å²) in [5.41, 5.74) is 1.28. The van der Waals surface area contributed by atoms with Gasteiger partial charge in [-0.1, -0.05) is 30.3 Å². The van der Waals surface area contributed by atoms with Crippen molar-refractivity contribution in [2.24, 2.45) is 0 Å². The molecule has 1 N–H and O–H groups in total. The van der Waals surface area contributed by atoms with E-state index in [1.165, 1.54) is 0 Å². The van der Waals surface area contributed by atoms with Crippen LogP contribution in [0, 0.1) is 11.3 Å². The van der Waals surface area contributed by atoms with Gasteiger partial charge in [-0.25, -0.2) is 0 Å². The van der Waals surface area contributed by atoms with Crippen LogP contribution < -0.4 is 14.8 Å². The molecule has 3 aromatic rings. The molecule has 3 rings (SSSR count). The predicted octanol–water partition coefficient (Wildman–Crippen LogP) is 4.79. The second kappa shape index (κ2) is 8.74. The Morgan fingerprint density at radius 2 is 1.86 bits per heavy atom. The van der Waals surface area contributed by atoms with Crippen LogP contribution in [-0.2, 0) is 4.79 Å². The van der Waals surface area contributed by atoms with E-state index in [-0.39, 0.29) is 5.57 Å². The van der Waals surface area contributed by atoms with E-state index in [4.69, 9.17) is 9.47 Å². The van der Waals surface area contributed by atoms with Gasteiger partial charge in [-0.15, -0.1) is 0 Å². The number of nitrogens with zero attached hydrogens (tertiary/aromatic N) is 1. The number of nitrogens with one attached hydrogen (secondary N) is 1. The van der Waals surface area contributed by atoms with E-state index in [9.17, 15) is 10.1 Å². The molecule has 5 nitrogen and oxygen atoms in total. The summed E-state index contributed by atoms with van der Waals surface area (Å²) in [7, 11) is 1.57. The van der Waals surface area contributed by atoms with Crippen molar-refractivity contribution in [3.8, 4) is 17.6 Å². The van der Waals surface area contributed by atoms with Crippen molar-refractivity contribution < 1.29 is 14.3 Å². The number of rotatable bonds is 6. The normalized spacial score (nSPS) is 11.0. The van der Waals surface area contributed by atoms with Crippen LogP contribution in [0.5, 0.6) is 11.5 Å². The first kappa shape index (κ1) is 19.0. The zero-order valence-electron chi connectivity index (χ0n) is 15.7. The van der Waals surface area contributed by atoms with Crippen molar-refractivity contribution in [3.63, 3.8) is 0 Å². The van der Waals surface area contributed by atoms with Gasteiger partial charge in [-0.05, 0) is 54.1 Å². The fourth-order valence-electron chi connectivity index (χ4n) is 2.87. The highest BCUT2D eigenvalue weighted by Gasteiger charge is 2.13. The Kier molecular flexibility index (Phi) is 5.93. The maximum Gasteiger partial charge on any atom is 0.266 e. The minimum Gasteiger partial charge on any atom is -0.497 e. The van der Waals surface area contributed by atoms with Crippen molar-refractivity contribution in [2.75, 3.05) is 19.0 Å². The molecule has 0 bridgehead atoms. The molecule has 0 heterocycles. The highest BCUT2D eigenvalue weighted by Crippen LogP contribution is 2.30. The summed E-state index contributed by atoms with van der Waals surface area (Å²) >= 11 is 0. The lowest BCUT2D eigenvalue weighted by atomic mass is 10.0. The van der Waals surface area contributed by atoms with Crippen molar-refractivity contribution in [2.45, 2.75) is 6.92 Å². The molecule has 0 aliphatic carbocycles. The molecule has 0 aliphatic rings. The lowest BCUT2D eigenvalue weighted by molar-refractivity contribution is -0.112. The zero-order valence-corrected chi connectivity index (χ0v) is 15.7. The quantitative estimate of drug-likeness (QED) is 0.499. The Morgan fingerprint density at radius 1 is 1.11 bits per heavy atom. The van der Waals surface area contributed by atoms with Crippen LogP contribution in [0.15, 0.2) is 66.2 Å². The second-order valence-electron chi connectivity index (χ2n) is 5.98. The molecule has 0 aromatic heterocycles. The minimum atomic E-state index is -0.483. The van der Waals surface area contributed by atoms with Crippen LogP contribution in [0.1, 0.15) is 12.5 Å². The maximum absolute atomic E-state index is 12.6. The first-order valence-corrected chi connectivity index (χ1v) is 8.88. The molecule has 0 spiro atoms. The highest BCUT2D eigenvalue weighted by molar-refractivity contribution is 6.11. The summed E-state index contributed by atoms with van der Waals surface area (Å²) in [6.45, 7) is 2.38. The van der Waals surface area contributed by atoms with Gasteiger partial charge in [0.05, 0.1) is 13.7 Å². The Labute approximate surface area is 163 Å². The third-order valence-electron chi connectivity index (χ3n) is 4.23. The molecule has 28 heavy (non-hydrogen) atoms. The van der Waals surface area contributed by atoms with Gasteiger partial charge in [0.1, 0.15) is 23.1 Å². The van der Waals surface area contributed by atoms with E-state index in [1.54, 1.807) is 37.5 Å². The lowest BCUT2D eigenvalue weighted by Gasteiger charge is -2.11. The third-order valence-corrected chi connectivity index (χ3v) is 4.23. The van der Waals surface area contributed by atoms with E-state index < -0.39 is 5.91 Å². The second-order valence-corrected chi connectivity index (χ2v) is 5.98. The average Bonchev–Trinajstić information content (AvgIpc) is 2.73. The number of anilines is 1. The number of ether oxygens (including phenoxy) is 2. The van der Waals surface area contributed by atoms with Crippen molar-refractivity contribution in [1.29, 1.82) is 5.26 Å². The largest absolute Gasteiger partial charge is 0.497 e. The number of methoxy groups -OCH3 is 1. The molecule has 0 radical (unpaired) electrons. The molecule has 0 aliphatic heterocycles. The summed E-state index contributed by atoms with van der Waals surface area (Å²) in [6.07, 6.45) is 1.58. The van der Waals surface area contributed by atoms with Crippen LogP contribution in [0.3, 0.4) is 0 Å². The number of amides is 1. The Bertz CT molecular complexity index is 1060. The van der Waals surface area contributed by atoms with E-state index in [0.29, 0.717) is 29.4 Å². The van der Waals surface area contributed by atoms with Crippen molar-refractivity contribution >= 4 is 28.4 Å². The summed E-state index contributed by atoms with van der Waals surface area (Å²) in [4.78, 5) is 12.6. The Hall–Kier alpha value is -3.78. The van der Waals surface area contributed by atoms with E-state index in [0.717, 1.165) is 10.8 Å². The number of carbonyl (C=O) groups excluding carboxylic acids is 1. The van der Waals surface area contributed by atoms with E-state index in [2.05, 4.69) is 5.32 Å². The lowest BCUT2D eigenvalue weighted by Crippen LogP contribution is -2.13. The molecule has 0 saturated heterocycles. The van der Waals surface area contributed by atoms with Crippen LogP contribution >= 0.6 is 0 Å². The smallest absolute Gasteiger partial charge is 0.266 e. The molecule has 0 unspecified atom stereocenters. The number of carbonyl (C=O) groups is 1. The molecule has 0 fully saturated rings. The van der Waals surface area contributed by atoms with Gasteiger partial charge in [-0.3, -0.25) is 4.79 Å². The zero-order chi connectivity index (χ0) is 19.9. The highest BCUT2D eigenvalue weighted by atomic mass is 16.5. The Balaban J connectivity index is 1.98. The molecule has 140 valence electrons. The van der Waals surface area contributed by atoms with Gasteiger partial charge in [0.15, 0.2) is 0 Å². The average molecular weight is 372 g/mol. The van der Waals surface area contributed by atoms with Crippen molar-refractivity contribution in [3.05, 3.63) is 71.8 Å². The van der Waals surface area contributed by atoms with Gasteiger partial charge >= 0.3 is 0 Å². The number of nitriles is 1. The van der Waals surface area contributed by atoms with Crippen LogP contribution in [0.2, 0.25) is 0 Å². The number of fused-ring (bicyclic) bond motifs is 1. The molecular weight excluding hydrogens is 352 g/mol. The first-order chi connectivity index (χ1) is 13.7. The number of benzene rings is 3. The van der Waals surface area contributed by atoms with E-state index >= 15 is 0 Å². The van der Waals surface area contributed by atoms with Gasteiger partial charge in [0.25, 0.3) is 5.91 Å². The van der Waals surface area contributed by atoms with Crippen LogP contribution in [0.25, 0.3) is 16.8 Å². The summed E-state index contributed by atoms with van der Waals surface area (Å²) in [5.74, 6) is 0.834. The minimum absolute atomic E-state index is 0.00637. The molecule has 5 heteroatoms. The van der Waals surface area contributed by atoms with Gasteiger partial charge in [-0.2, -0.15) is 5.26 Å². The number of hydrogen-bond acceptors (Lipinski definition) is 4. The van der Waals surface area contributed by atoms with Crippen LogP contribution in [0.4, 0.5) is 5.69 Å². The predicted molar refractivity (Wildman–Crippen MR) is 110 cm³/mol. The fourth-order valence-corrected chi connectivity index (χ4v) is 2.87. The summed E-state index contributed by atoms with van der Waals surface area (Å²) < 4.78 is 10.8. The standard InChI is InChI=1S/C23H20N2O3/c1-3-28-22-13-8-16-6-4-5-7-20(16)21(22)14-17(15-24)23(26)25-18-9-11-19(27-2)12-10-18/h4-14H,3H2,1-2H3,(H,25,26)/b17-14-. The van der Waals surface area contributed by atoms with Gasteiger partial charge in [0.2, 0.25) is 0 Å². The SMILES string of the molecule is CCOc1ccc2ccccc2c1/C=C(/C#N)C(=O)Nc1ccc(OC)cc1. The molecule has 0 atom stereocenters. The molecule has 1 amide bonds. The summed E-state index contributed by atoms with van der Waals surface area (Å²) in [6, 6.07) is 20.5. The van der Waals surface area contributed by atoms with Gasteiger partial charge < -0.3 is 14.8 Å². The van der Waals surface area contributed by atoms with E-state index in [1.807, 2.05) is 49.4 Å². The Morgan fingerprint density at radius 3 is 2.54 bits per heavy atom. The molecular formula is C23H20N2O3. The van der Waals surface area contributed by atoms with Crippen molar-refractivity contribution in [1.82, 2.24) is 0 Å². The van der Waals surface area contributed by atoms with Gasteiger partial charge in [0, 0.05) is 11.3 Å². The third kappa shape index (κ3) is 4.13. The molecule has 3 aromatic carbocycles. The maximum atomic E-state index is 12.6. The number of hydrogen-bond donors (Lipinski definition) is 1. The first-order valence-electron chi connectivity index (χ1n) is 8.88.